The number of rotatable bonds is 9. The largest absolute Gasteiger partial charge is 0.491 e. The molecular formula is C27H33NO4. The van der Waals surface area contributed by atoms with Gasteiger partial charge in [0.1, 0.15) is 12.4 Å². The molecule has 2 heterocycles. The van der Waals surface area contributed by atoms with Crippen molar-refractivity contribution >= 4 is 17.7 Å². The second-order valence-electron chi connectivity index (χ2n) is 8.62. The predicted molar refractivity (Wildman–Crippen MR) is 128 cm³/mol. The molecule has 5 nitrogen and oxygen atoms in total. The zero-order valence-electron chi connectivity index (χ0n) is 18.9. The fourth-order valence-electron chi connectivity index (χ4n) is 4.63. The Kier molecular flexibility index (Phi) is 7.48. The monoisotopic (exact) mass is 435 g/mol. The standard InChI is InChI=1S/C27H33NO4/c1-2-3-15-31-16-17-32-25-11-7-20(8-12-25)21-9-13-26-23(18-21)19-22(27(29)30)6-10-24-5-4-14-28(24)26/h7-9,11-13,18-19,24H,2-6,10,14-17H2,1H3,(H,29,30)/b22-19+. The van der Waals surface area contributed by atoms with Gasteiger partial charge < -0.3 is 19.5 Å². The molecule has 2 aromatic carbocycles. The molecule has 32 heavy (non-hydrogen) atoms. The number of ether oxygens (including phenoxy) is 2. The van der Waals surface area contributed by atoms with E-state index in [0.717, 1.165) is 67.0 Å². The van der Waals surface area contributed by atoms with Gasteiger partial charge in [-0.1, -0.05) is 31.5 Å². The minimum atomic E-state index is -0.812. The molecule has 1 unspecified atom stereocenters. The number of hydrogen-bond acceptors (Lipinski definition) is 4. The Morgan fingerprint density at radius 3 is 2.66 bits per heavy atom. The first kappa shape index (κ1) is 22.4. The lowest BCUT2D eigenvalue weighted by molar-refractivity contribution is -0.132. The highest BCUT2D eigenvalue weighted by Crippen LogP contribution is 2.37. The van der Waals surface area contributed by atoms with Crippen LogP contribution in [0.1, 0.15) is 51.0 Å². The normalized spacial score (nSPS) is 19.3. The third kappa shape index (κ3) is 5.33. The quantitative estimate of drug-likeness (QED) is 0.506. The maximum Gasteiger partial charge on any atom is 0.331 e. The molecule has 1 N–H and O–H groups in total. The van der Waals surface area contributed by atoms with Crippen LogP contribution in [0.5, 0.6) is 5.75 Å². The topological polar surface area (TPSA) is 59.0 Å². The molecule has 2 aliphatic heterocycles. The van der Waals surface area contributed by atoms with E-state index in [1.165, 1.54) is 6.42 Å². The zero-order chi connectivity index (χ0) is 22.3. The number of carboxylic acid groups (broad SMARTS) is 1. The number of hydrogen-bond donors (Lipinski definition) is 1. The van der Waals surface area contributed by atoms with Crippen LogP contribution in [0.3, 0.4) is 0 Å². The maximum absolute atomic E-state index is 11.8. The van der Waals surface area contributed by atoms with Crippen molar-refractivity contribution in [2.24, 2.45) is 0 Å². The molecule has 2 aromatic rings. The molecular weight excluding hydrogens is 402 g/mol. The van der Waals surface area contributed by atoms with Crippen molar-refractivity contribution in [3.63, 3.8) is 0 Å². The van der Waals surface area contributed by atoms with Crippen molar-refractivity contribution in [3.8, 4) is 16.9 Å². The molecule has 0 radical (unpaired) electrons. The summed E-state index contributed by atoms with van der Waals surface area (Å²) in [5, 5.41) is 9.66. The lowest BCUT2D eigenvalue weighted by Gasteiger charge is -2.30. The summed E-state index contributed by atoms with van der Waals surface area (Å²) in [5.41, 5.74) is 4.81. The van der Waals surface area contributed by atoms with Crippen LogP contribution in [0.2, 0.25) is 0 Å². The molecule has 0 spiro atoms. The third-order valence-corrected chi connectivity index (χ3v) is 6.39. The SMILES string of the molecule is CCCCOCCOc1ccc(-c2ccc3c(c2)/C=C(/C(=O)O)CCC2CCCN32)cc1. The van der Waals surface area contributed by atoms with Crippen molar-refractivity contribution in [2.75, 3.05) is 31.3 Å². The molecule has 1 atom stereocenters. The summed E-state index contributed by atoms with van der Waals surface area (Å²) < 4.78 is 11.3. The van der Waals surface area contributed by atoms with Crippen LogP contribution in [0.25, 0.3) is 17.2 Å². The van der Waals surface area contributed by atoms with Crippen molar-refractivity contribution in [2.45, 2.75) is 51.5 Å². The van der Waals surface area contributed by atoms with Crippen molar-refractivity contribution in [3.05, 3.63) is 53.6 Å². The Bertz CT molecular complexity index is 951. The minimum absolute atomic E-state index is 0.435. The number of nitrogens with zero attached hydrogens (tertiary/aromatic N) is 1. The highest BCUT2D eigenvalue weighted by Gasteiger charge is 2.28. The van der Waals surface area contributed by atoms with E-state index in [1.807, 2.05) is 18.2 Å². The van der Waals surface area contributed by atoms with E-state index >= 15 is 0 Å². The average Bonchev–Trinajstić information content (AvgIpc) is 3.25. The van der Waals surface area contributed by atoms with Gasteiger partial charge in [0, 0.05) is 30.5 Å². The summed E-state index contributed by atoms with van der Waals surface area (Å²) in [5.74, 6) is 0.0139. The average molecular weight is 436 g/mol. The van der Waals surface area contributed by atoms with Gasteiger partial charge in [-0.3, -0.25) is 0 Å². The molecule has 0 amide bonds. The third-order valence-electron chi connectivity index (χ3n) is 6.39. The highest BCUT2D eigenvalue weighted by atomic mass is 16.5. The van der Waals surface area contributed by atoms with E-state index in [0.29, 0.717) is 31.2 Å². The predicted octanol–water partition coefficient (Wildman–Crippen LogP) is 5.78. The first-order chi connectivity index (χ1) is 15.7. The van der Waals surface area contributed by atoms with E-state index in [9.17, 15) is 9.90 Å². The maximum atomic E-state index is 11.8. The summed E-state index contributed by atoms with van der Waals surface area (Å²) in [6.07, 6.45) is 7.91. The molecule has 1 saturated heterocycles. The number of unbranched alkanes of at least 4 members (excludes halogenated alkanes) is 1. The van der Waals surface area contributed by atoms with Crippen LogP contribution in [-0.4, -0.2) is 43.5 Å². The van der Waals surface area contributed by atoms with E-state index in [1.54, 1.807) is 0 Å². The van der Waals surface area contributed by atoms with Gasteiger partial charge in [-0.25, -0.2) is 4.79 Å². The summed E-state index contributed by atoms with van der Waals surface area (Å²) in [6.45, 7) is 5.12. The van der Waals surface area contributed by atoms with E-state index in [-0.39, 0.29) is 0 Å². The number of anilines is 1. The number of fused-ring (bicyclic) bond motifs is 3. The number of carboxylic acids is 1. The van der Waals surface area contributed by atoms with Gasteiger partial charge in [-0.2, -0.15) is 0 Å². The first-order valence-electron chi connectivity index (χ1n) is 11.8. The van der Waals surface area contributed by atoms with Crippen molar-refractivity contribution in [1.82, 2.24) is 0 Å². The molecule has 170 valence electrons. The van der Waals surface area contributed by atoms with E-state index in [2.05, 4.69) is 42.2 Å². The fourth-order valence-corrected chi connectivity index (χ4v) is 4.63. The van der Waals surface area contributed by atoms with Crippen LogP contribution in [0, 0.1) is 0 Å². The van der Waals surface area contributed by atoms with Crippen LogP contribution in [0.15, 0.2) is 48.0 Å². The van der Waals surface area contributed by atoms with Crippen molar-refractivity contribution in [1.29, 1.82) is 0 Å². The van der Waals surface area contributed by atoms with Crippen LogP contribution in [0.4, 0.5) is 5.69 Å². The zero-order valence-corrected chi connectivity index (χ0v) is 18.9. The molecule has 0 saturated carbocycles. The summed E-state index contributed by atoms with van der Waals surface area (Å²) >= 11 is 0. The van der Waals surface area contributed by atoms with Crippen LogP contribution in [-0.2, 0) is 9.53 Å². The Morgan fingerprint density at radius 2 is 1.88 bits per heavy atom. The molecule has 0 aliphatic carbocycles. The number of aliphatic carboxylic acids is 1. The molecule has 0 bridgehead atoms. The first-order valence-corrected chi connectivity index (χ1v) is 11.8. The fraction of sp³-hybridized carbons (Fsp3) is 0.444. The van der Waals surface area contributed by atoms with Gasteiger partial charge >= 0.3 is 5.97 Å². The van der Waals surface area contributed by atoms with Gasteiger partial charge in [0.2, 0.25) is 0 Å². The molecule has 0 aromatic heterocycles. The Labute approximate surface area is 190 Å². The summed E-state index contributed by atoms with van der Waals surface area (Å²) in [6, 6.07) is 14.9. The van der Waals surface area contributed by atoms with Gasteiger partial charge in [0.15, 0.2) is 0 Å². The van der Waals surface area contributed by atoms with Crippen LogP contribution < -0.4 is 9.64 Å². The Morgan fingerprint density at radius 1 is 1.06 bits per heavy atom. The van der Waals surface area contributed by atoms with Gasteiger partial charge in [-0.15, -0.1) is 0 Å². The number of carbonyl (C=O) groups is 1. The number of benzene rings is 2. The Balaban J connectivity index is 1.50. The molecule has 1 fully saturated rings. The van der Waals surface area contributed by atoms with Gasteiger partial charge in [0.05, 0.1) is 6.61 Å². The second kappa shape index (κ2) is 10.7. The smallest absolute Gasteiger partial charge is 0.331 e. The van der Waals surface area contributed by atoms with Gasteiger partial charge in [0.25, 0.3) is 0 Å². The Hall–Kier alpha value is -2.79. The van der Waals surface area contributed by atoms with E-state index < -0.39 is 5.97 Å². The van der Waals surface area contributed by atoms with E-state index in [4.69, 9.17) is 9.47 Å². The highest BCUT2D eigenvalue weighted by molar-refractivity contribution is 5.94. The lowest BCUT2D eigenvalue weighted by atomic mass is 9.95. The molecule has 5 heteroatoms. The second-order valence-corrected chi connectivity index (χ2v) is 8.62. The summed E-state index contributed by atoms with van der Waals surface area (Å²) in [7, 11) is 0. The van der Waals surface area contributed by atoms with Crippen molar-refractivity contribution < 1.29 is 19.4 Å². The minimum Gasteiger partial charge on any atom is -0.491 e. The van der Waals surface area contributed by atoms with Gasteiger partial charge in [-0.05, 0) is 79.1 Å². The van der Waals surface area contributed by atoms with Crippen LogP contribution >= 0.6 is 0 Å². The molecule has 2 aliphatic rings. The molecule has 4 rings (SSSR count). The lowest BCUT2D eigenvalue weighted by Crippen LogP contribution is -2.31. The summed E-state index contributed by atoms with van der Waals surface area (Å²) in [4.78, 5) is 14.2.